The van der Waals surface area contributed by atoms with Crippen LogP contribution in [0.3, 0.4) is 0 Å². The van der Waals surface area contributed by atoms with Crippen LogP contribution in [0.5, 0.6) is 0 Å². The van der Waals surface area contributed by atoms with Crippen molar-refractivity contribution in [3.05, 3.63) is 76.6 Å². The molecule has 128 valence electrons. The van der Waals surface area contributed by atoms with Gasteiger partial charge in [0.2, 0.25) is 0 Å². The summed E-state index contributed by atoms with van der Waals surface area (Å²) in [5.41, 5.74) is 5.14. The number of carbonyl (C=O) groups excluding carboxylic acids is 1. The van der Waals surface area contributed by atoms with Crippen LogP contribution < -0.4 is 5.32 Å². The molecule has 5 heteroatoms. The summed E-state index contributed by atoms with van der Waals surface area (Å²) in [4.78, 5) is 14.1. The van der Waals surface area contributed by atoms with Gasteiger partial charge in [-0.05, 0) is 44.9 Å². The van der Waals surface area contributed by atoms with Crippen LogP contribution in [-0.4, -0.2) is 20.9 Å². The molecule has 5 nitrogen and oxygen atoms in total. The Bertz CT molecular complexity index is 899. The lowest BCUT2D eigenvalue weighted by atomic mass is 10.1. The van der Waals surface area contributed by atoms with E-state index in [-0.39, 0.29) is 11.9 Å². The van der Waals surface area contributed by atoms with Crippen LogP contribution in [0.1, 0.15) is 45.8 Å². The van der Waals surface area contributed by atoms with Crippen LogP contribution in [0.25, 0.3) is 5.69 Å². The first-order valence-corrected chi connectivity index (χ1v) is 8.33. The molecule has 0 saturated heterocycles. The minimum Gasteiger partial charge on any atom is -0.344 e. The van der Waals surface area contributed by atoms with Crippen LogP contribution in [0.4, 0.5) is 0 Å². The normalized spacial score (nSPS) is 12.0. The van der Waals surface area contributed by atoms with Crippen LogP contribution in [0, 0.1) is 20.8 Å². The van der Waals surface area contributed by atoms with E-state index in [0.717, 1.165) is 16.8 Å². The van der Waals surface area contributed by atoms with Crippen LogP contribution in [0.15, 0.2) is 48.5 Å². The van der Waals surface area contributed by atoms with Crippen molar-refractivity contribution >= 4 is 5.91 Å². The lowest BCUT2D eigenvalue weighted by Crippen LogP contribution is -2.27. The van der Waals surface area contributed by atoms with E-state index in [0.29, 0.717) is 11.4 Å². The Morgan fingerprint density at radius 1 is 1.04 bits per heavy atom. The topological polar surface area (TPSA) is 59.8 Å². The zero-order valence-electron chi connectivity index (χ0n) is 14.9. The molecule has 1 heterocycles. The number of hydrogen-bond acceptors (Lipinski definition) is 3. The van der Waals surface area contributed by atoms with Gasteiger partial charge >= 0.3 is 0 Å². The second kappa shape index (κ2) is 6.89. The molecule has 1 atom stereocenters. The summed E-state index contributed by atoms with van der Waals surface area (Å²) in [6, 6.07) is 15.8. The summed E-state index contributed by atoms with van der Waals surface area (Å²) in [7, 11) is 0. The van der Waals surface area contributed by atoms with Gasteiger partial charge in [0.1, 0.15) is 0 Å². The first-order chi connectivity index (χ1) is 12.0. The van der Waals surface area contributed by atoms with E-state index in [1.165, 1.54) is 10.4 Å². The number of rotatable bonds is 4. The molecule has 3 aromatic rings. The highest BCUT2D eigenvalue weighted by molar-refractivity contribution is 5.93. The van der Waals surface area contributed by atoms with Gasteiger partial charge in [-0.15, -0.1) is 5.10 Å². The summed E-state index contributed by atoms with van der Waals surface area (Å²) in [5.74, 6) is -0.218. The monoisotopic (exact) mass is 334 g/mol. The number of aryl methyl sites for hydroxylation is 3. The zero-order chi connectivity index (χ0) is 18.0. The number of aromatic nitrogens is 3. The molecular formula is C20H22N4O. The predicted molar refractivity (Wildman–Crippen MR) is 97.9 cm³/mol. The van der Waals surface area contributed by atoms with E-state index in [9.17, 15) is 4.79 Å². The number of hydrogen-bond donors (Lipinski definition) is 1. The van der Waals surface area contributed by atoms with Crippen molar-refractivity contribution in [3.8, 4) is 5.69 Å². The van der Waals surface area contributed by atoms with E-state index in [1.54, 1.807) is 6.92 Å². The highest BCUT2D eigenvalue weighted by atomic mass is 16.2. The maximum atomic E-state index is 12.6. The van der Waals surface area contributed by atoms with E-state index >= 15 is 0 Å². The molecule has 1 unspecified atom stereocenters. The first-order valence-electron chi connectivity index (χ1n) is 8.33. The maximum absolute atomic E-state index is 12.6. The van der Waals surface area contributed by atoms with Crippen molar-refractivity contribution in [1.82, 2.24) is 20.3 Å². The average Bonchev–Trinajstić information content (AvgIpc) is 2.97. The van der Waals surface area contributed by atoms with E-state index in [2.05, 4.69) is 21.6 Å². The molecule has 0 aliphatic heterocycles. The average molecular weight is 334 g/mol. The van der Waals surface area contributed by atoms with E-state index in [4.69, 9.17) is 0 Å². The molecule has 0 saturated carbocycles. The SMILES string of the molecule is Cc1ccc(-n2nc(C)c(C(=O)NC(C)c3ccccc3)n2)c(C)c1. The lowest BCUT2D eigenvalue weighted by molar-refractivity contribution is 0.0934. The van der Waals surface area contributed by atoms with Gasteiger partial charge in [0.05, 0.1) is 17.4 Å². The zero-order valence-corrected chi connectivity index (χ0v) is 14.9. The van der Waals surface area contributed by atoms with Gasteiger partial charge in [-0.2, -0.15) is 9.90 Å². The number of amides is 1. The largest absolute Gasteiger partial charge is 0.344 e. The minimum absolute atomic E-state index is 0.0978. The molecule has 1 N–H and O–H groups in total. The molecule has 0 bridgehead atoms. The Labute approximate surface area is 147 Å². The van der Waals surface area contributed by atoms with Crippen molar-refractivity contribution in [2.45, 2.75) is 33.7 Å². The molecular weight excluding hydrogens is 312 g/mol. The van der Waals surface area contributed by atoms with Gasteiger partial charge in [-0.3, -0.25) is 4.79 Å². The Morgan fingerprint density at radius 2 is 1.76 bits per heavy atom. The fourth-order valence-electron chi connectivity index (χ4n) is 2.82. The molecule has 1 amide bonds. The maximum Gasteiger partial charge on any atom is 0.274 e. The molecule has 0 radical (unpaired) electrons. The predicted octanol–water partition coefficient (Wildman–Crippen LogP) is 3.68. The molecule has 0 aliphatic rings. The molecule has 3 rings (SSSR count). The van der Waals surface area contributed by atoms with E-state index in [1.807, 2.05) is 63.2 Å². The highest BCUT2D eigenvalue weighted by Gasteiger charge is 2.19. The fraction of sp³-hybridized carbons (Fsp3) is 0.250. The first kappa shape index (κ1) is 16.9. The molecule has 25 heavy (non-hydrogen) atoms. The highest BCUT2D eigenvalue weighted by Crippen LogP contribution is 2.16. The van der Waals surface area contributed by atoms with Crippen molar-refractivity contribution in [2.75, 3.05) is 0 Å². The summed E-state index contributed by atoms with van der Waals surface area (Å²) in [5, 5.41) is 11.8. The van der Waals surface area contributed by atoms with Gasteiger partial charge < -0.3 is 5.32 Å². The second-order valence-corrected chi connectivity index (χ2v) is 6.32. The van der Waals surface area contributed by atoms with Crippen molar-refractivity contribution in [2.24, 2.45) is 0 Å². The fourth-order valence-corrected chi connectivity index (χ4v) is 2.82. The van der Waals surface area contributed by atoms with Crippen molar-refractivity contribution in [3.63, 3.8) is 0 Å². The molecule has 0 spiro atoms. The van der Waals surface area contributed by atoms with Crippen molar-refractivity contribution in [1.29, 1.82) is 0 Å². The van der Waals surface area contributed by atoms with Gasteiger partial charge in [0.25, 0.3) is 5.91 Å². The Morgan fingerprint density at radius 3 is 2.44 bits per heavy atom. The third kappa shape index (κ3) is 3.60. The smallest absolute Gasteiger partial charge is 0.274 e. The summed E-state index contributed by atoms with van der Waals surface area (Å²) in [6.07, 6.45) is 0. The summed E-state index contributed by atoms with van der Waals surface area (Å²) >= 11 is 0. The third-order valence-corrected chi connectivity index (χ3v) is 4.21. The number of benzene rings is 2. The van der Waals surface area contributed by atoms with Gasteiger partial charge in [-0.25, -0.2) is 0 Å². The van der Waals surface area contributed by atoms with Crippen molar-refractivity contribution < 1.29 is 4.79 Å². The standard InChI is InChI=1S/C20H22N4O/c1-13-10-11-18(14(2)12-13)24-22-16(4)19(23-24)20(25)21-15(3)17-8-6-5-7-9-17/h5-12,15H,1-4H3,(H,21,25). The Kier molecular flexibility index (Phi) is 4.65. The van der Waals surface area contributed by atoms with Gasteiger partial charge in [0.15, 0.2) is 5.69 Å². The Balaban J connectivity index is 1.83. The molecule has 0 fully saturated rings. The van der Waals surface area contributed by atoms with Crippen LogP contribution >= 0.6 is 0 Å². The summed E-state index contributed by atoms with van der Waals surface area (Å²) < 4.78 is 0. The van der Waals surface area contributed by atoms with Crippen LogP contribution in [-0.2, 0) is 0 Å². The van der Waals surface area contributed by atoms with Gasteiger partial charge in [0, 0.05) is 0 Å². The van der Waals surface area contributed by atoms with Crippen LogP contribution in [0.2, 0.25) is 0 Å². The number of carbonyl (C=O) groups is 1. The second-order valence-electron chi connectivity index (χ2n) is 6.32. The van der Waals surface area contributed by atoms with E-state index < -0.39 is 0 Å². The lowest BCUT2D eigenvalue weighted by Gasteiger charge is -2.13. The Hall–Kier alpha value is -2.95. The molecule has 2 aromatic carbocycles. The quantitative estimate of drug-likeness (QED) is 0.792. The summed E-state index contributed by atoms with van der Waals surface area (Å²) in [6.45, 7) is 7.81. The molecule has 0 aliphatic carbocycles. The third-order valence-electron chi connectivity index (χ3n) is 4.21. The number of nitrogens with zero attached hydrogens (tertiary/aromatic N) is 3. The molecule has 1 aromatic heterocycles. The number of nitrogens with one attached hydrogen (secondary N) is 1. The van der Waals surface area contributed by atoms with Gasteiger partial charge in [-0.1, -0.05) is 48.0 Å². The minimum atomic E-state index is -0.218.